The first kappa shape index (κ1) is 30.0. The summed E-state index contributed by atoms with van der Waals surface area (Å²) in [5, 5.41) is 2.59. The van der Waals surface area contributed by atoms with Gasteiger partial charge in [-0.2, -0.15) is 0 Å². The van der Waals surface area contributed by atoms with E-state index in [9.17, 15) is 18.0 Å². The first-order valence-corrected chi connectivity index (χ1v) is 15.3. The number of thioether (sulfide) groups is 1. The summed E-state index contributed by atoms with van der Waals surface area (Å²) in [7, 11) is -2.61. The number of amides is 2. The minimum absolute atomic E-state index is 0.0668. The third kappa shape index (κ3) is 7.77. The van der Waals surface area contributed by atoms with Crippen molar-refractivity contribution in [3.05, 3.63) is 84.4 Å². The highest BCUT2D eigenvalue weighted by molar-refractivity contribution is 7.98. The SMILES string of the molecule is CCOc1ccc(N(CC(=O)N(CCc2ccccc2)[C@H](C)C(=O)NC)S(=O)(=O)c2ccc(SC)cc2)cc1. The van der Waals surface area contributed by atoms with Gasteiger partial charge in [-0.3, -0.25) is 13.9 Å². The van der Waals surface area contributed by atoms with Crippen LogP contribution in [0, 0.1) is 0 Å². The van der Waals surface area contributed by atoms with Crippen LogP contribution in [0.2, 0.25) is 0 Å². The fraction of sp³-hybridized carbons (Fsp3) is 0.310. The van der Waals surface area contributed by atoms with Crippen LogP contribution in [-0.4, -0.2) is 64.2 Å². The monoisotopic (exact) mass is 569 g/mol. The summed E-state index contributed by atoms with van der Waals surface area (Å²) in [6.45, 7) is 3.74. The van der Waals surface area contributed by atoms with E-state index in [0.717, 1.165) is 14.8 Å². The molecule has 0 fully saturated rings. The summed E-state index contributed by atoms with van der Waals surface area (Å²) in [6.07, 6.45) is 2.42. The van der Waals surface area contributed by atoms with Crippen LogP contribution in [0.25, 0.3) is 0 Å². The molecule has 0 unspecified atom stereocenters. The van der Waals surface area contributed by atoms with Gasteiger partial charge in [0.25, 0.3) is 10.0 Å². The molecule has 0 aliphatic rings. The van der Waals surface area contributed by atoms with Gasteiger partial charge in [0, 0.05) is 18.5 Å². The molecule has 0 saturated carbocycles. The van der Waals surface area contributed by atoms with Crippen molar-refractivity contribution in [3.63, 3.8) is 0 Å². The highest BCUT2D eigenvalue weighted by atomic mass is 32.2. The highest BCUT2D eigenvalue weighted by Gasteiger charge is 2.32. The zero-order valence-electron chi connectivity index (χ0n) is 22.7. The lowest BCUT2D eigenvalue weighted by molar-refractivity contribution is -0.138. The fourth-order valence-corrected chi connectivity index (χ4v) is 5.88. The van der Waals surface area contributed by atoms with Crippen LogP contribution in [-0.2, 0) is 26.0 Å². The Morgan fingerprint density at radius 2 is 1.62 bits per heavy atom. The van der Waals surface area contributed by atoms with E-state index in [2.05, 4.69) is 5.32 Å². The van der Waals surface area contributed by atoms with E-state index in [1.165, 1.54) is 35.8 Å². The minimum atomic E-state index is -4.12. The lowest BCUT2D eigenvalue weighted by Gasteiger charge is -2.31. The van der Waals surface area contributed by atoms with Crippen molar-refractivity contribution in [1.29, 1.82) is 0 Å². The second-order valence-electron chi connectivity index (χ2n) is 8.73. The average Bonchev–Trinajstić information content (AvgIpc) is 2.96. The van der Waals surface area contributed by atoms with E-state index >= 15 is 0 Å². The molecular formula is C29H35N3O5S2. The van der Waals surface area contributed by atoms with E-state index in [-0.39, 0.29) is 17.3 Å². The Morgan fingerprint density at radius 3 is 2.18 bits per heavy atom. The minimum Gasteiger partial charge on any atom is -0.494 e. The van der Waals surface area contributed by atoms with Gasteiger partial charge in [0.15, 0.2) is 0 Å². The van der Waals surface area contributed by atoms with Crippen LogP contribution in [0.3, 0.4) is 0 Å². The van der Waals surface area contributed by atoms with Gasteiger partial charge in [-0.05, 0) is 80.6 Å². The van der Waals surface area contributed by atoms with Crippen LogP contribution in [0.15, 0.2) is 88.7 Å². The highest BCUT2D eigenvalue weighted by Crippen LogP contribution is 2.27. The number of nitrogens with zero attached hydrogens (tertiary/aromatic N) is 2. The lowest BCUT2D eigenvalue weighted by atomic mass is 10.1. The predicted octanol–water partition coefficient (Wildman–Crippen LogP) is 4.21. The van der Waals surface area contributed by atoms with Gasteiger partial charge in [0.05, 0.1) is 17.2 Å². The summed E-state index contributed by atoms with van der Waals surface area (Å²) >= 11 is 1.50. The third-order valence-electron chi connectivity index (χ3n) is 6.26. The van der Waals surface area contributed by atoms with Crippen LogP contribution in [0.4, 0.5) is 5.69 Å². The molecule has 1 N–H and O–H groups in total. The van der Waals surface area contributed by atoms with Crippen molar-refractivity contribution < 1.29 is 22.7 Å². The van der Waals surface area contributed by atoms with Gasteiger partial charge in [-0.1, -0.05) is 30.3 Å². The molecule has 0 radical (unpaired) electrons. The smallest absolute Gasteiger partial charge is 0.264 e. The first-order valence-electron chi connectivity index (χ1n) is 12.7. The van der Waals surface area contributed by atoms with E-state index in [1.807, 2.05) is 43.5 Å². The molecule has 0 bridgehead atoms. The van der Waals surface area contributed by atoms with Crippen LogP contribution in [0.5, 0.6) is 5.75 Å². The van der Waals surface area contributed by atoms with Gasteiger partial charge in [0.2, 0.25) is 11.8 Å². The molecule has 3 aromatic carbocycles. The number of anilines is 1. The Kier molecular flexibility index (Phi) is 10.8. The van der Waals surface area contributed by atoms with Crippen LogP contribution < -0.4 is 14.4 Å². The van der Waals surface area contributed by atoms with Crippen LogP contribution in [0.1, 0.15) is 19.4 Å². The van der Waals surface area contributed by atoms with Crippen molar-refractivity contribution in [2.45, 2.75) is 36.1 Å². The summed E-state index contributed by atoms with van der Waals surface area (Å²) in [5.74, 6) is -0.230. The van der Waals surface area contributed by atoms with E-state index in [0.29, 0.717) is 24.5 Å². The predicted molar refractivity (Wildman–Crippen MR) is 156 cm³/mol. The topological polar surface area (TPSA) is 96.0 Å². The first-order chi connectivity index (χ1) is 18.7. The van der Waals surface area contributed by atoms with Gasteiger partial charge in [0.1, 0.15) is 18.3 Å². The molecule has 0 aromatic heterocycles. The molecule has 0 aliphatic carbocycles. The Morgan fingerprint density at radius 1 is 0.974 bits per heavy atom. The summed E-state index contributed by atoms with van der Waals surface area (Å²) in [5.41, 5.74) is 1.32. The van der Waals surface area contributed by atoms with Crippen molar-refractivity contribution in [3.8, 4) is 5.75 Å². The third-order valence-corrected chi connectivity index (χ3v) is 8.79. The second kappa shape index (κ2) is 14.0. The number of carbonyl (C=O) groups excluding carboxylic acids is 2. The molecule has 208 valence electrons. The Balaban J connectivity index is 1.98. The normalized spacial score (nSPS) is 11.9. The molecule has 3 aromatic rings. The van der Waals surface area contributed by atoms with Crippen molar-refractivity contribution in [2.24, 2.45) is 0 Å². The zero-order valence-corrected chi connectivity index (χ0v) is 24.3. The average molecular weight is 570 g/mol. The van der Waals surface area contributed by atoms with Crippen LogP contribution >= 0.6 is 11.8 Å². The van der Waals surface area contributed by atoms with Crippen molar-refractivity contribution >= 4 is 39.3 Å². The van der Waals surface area contributed by atoms with E-state index in [4.69, 9.17) is 4.74 Å². The number of hydrogen-bond acceptors (Lipinski definition) is 6. The Hall–Kier alpha value is -3.50. The van der Waals surface area contributed by atoms with Gasteiger partial charge >= 0.3 is 0 Å². The number of rotatable bonds is 13. The molecule has 3 rings (SSSR count). The number of hydrogen-bond donors (Lipinski definition) is 1. The van der Waals surface area contributed by atoms with E-state index < -0.39 is 28.5 Å². The molecule has 2 amide bonds. The summed E-state index contributed by atoms with van der Waals surface area (Å²) in [6, 6.07) is 21.9. The quantitative estimate of drug-likeness (QED) is 0.310. The molecule has 10 heteroatoms. The lowest BCUT2D eigenvalue weighted by Crippen LogP contribution is -2.51. The number of sulfonamides is 1. The number of nitrogens with one attached hydrogen (secondary N) is 1. The maximum Gasteiger partial charge on any atom is 0.264 e. The zero-order chi connectivity index (χ0) is 28.4. The number of ether oxygens (including phenoxy) is 1. The number of benzene rings is 3. The molecule has 8 nitrogen and oxygen atoms in total. The van der Waals surface area contributed by atoms with Crippen molar-refractivity contribution in [2.75, 3.05) is 37.3 Å². The van der Waals surface area contributed by atoms with Gasteiger partial charge in [-0.15, -0.1) is 11.8 Å². The van der Waals surface area contributed by atoms with Gasteiger partial charge < -0.3 is 15.0 Å². The molecule has 0 heterocycles. The molecular weight excluding hydrogens is 534 g/mol. The van der Waals surface area contributed by atoms with E-state index in [1.54, 1.807) is 43.3 Å². The largest absolute Gasteiger partial charge is 0.494 e. The molecule has 39 heavy (non-hydrogen) atoms. The maximum atomic E-state index is 13.9. The van der Waals surface area contributed by atoms with Gasteiger partial charge in [-0.25, -0.2) is 8.42 Å². The number of likely N-dealkylation sites (N-methyl/N-ethyl adjacent to an activating group) is 1. The standard InChI is InChI=1S/C29H35N3O5S2/c1-5-37-25-13-11-24(12-14-25)32(39(35,36)27-17-15-26(38-4)16-18-27)21-28(33)31(22(2)29(34)30-3)20-19-23-9-7-6-8-10-23/h6-18,22H,5,19-21H2,1-4H3,(H,30,34)/t22-/m1/s1. The molecule has 1 atom stereocenters. The second-order valence-corrected chi connectivity index (χ2v) is 11.5. The molecule has 0 saturated heterocycles. The fourth-order valence-electron chi connectivity index (χ4n) is 4.06. The summed E-state index contributed by atoms with van der Waals surface area (Å²) < 4.78 is 34.4. The Labute approximate surface area is 235 Å². The maximum absolute atomic E-state index is 13.9. The summed E-state index contributed by atoms with van der Waals surface area (Å²) in [4.78, 5) is 28.7. The van der Waals surface area contributed by atoms with Crippen molar-refractivity contribution in [1.82, 2.24) is 10.2 Å². The number of carbonyl (C=O) groups is 2. The Bertz CT molecular complexity index is 1330. The molecule has 0 aliphatic heterocycles. The molecule has 0 spiro atoms.